The van der Waals surface area contributed by atoms with E-state index >= 15 is 0 Å². The maximum absolute atomic E-state index is 2.65. The van der Waals surface area contributed by atoms with Crippen molar-refractivity contribution < 1.29 is 0 Å². The van der Waals surface area contributed by atoms with E-state index in [0.717, 1.165) is 0 Å². The Morgan fingerprint density at radius 2 is 1.12 bits per heavy atom. The number of hydrogen-bond donors (Lipinski definition) is 0. The van der Waals surface area contributed by atoms with Crippen LogP contribution in [0.1, 0.15) is 111 Å². The first-order valence-electron chi connectivity index (χ1n) is 11.3. The van der Waals surface area contributed by atoms with Crippen LogP contribution in [0.4, 0.5) is 0 Å². The average Bonchev–Trinajstić information content (AvgIpc) is 2.57. The van der Waals surface area contributed by atoms with Gasteiger partial charge >= 0.3 is 0 Å². The summed E-state index contributed by atoms with van der Waals surface area (Å²) >= 11 is 0. The molecule has 0 aliphatic heterocycles. The van der Waals surface area contributed by atoms with Gasteiger partial charge in [0.15, 0.2) is 0 Å². The van der Waals surface area contributed by atoms with Gasteiger partial charge in [-0.1, -0.05) is 108 Å². The molecule has 0 aliphatic rings. The van der Waals surface area contributed by atoms with Crippen LogP contribution in [0.25, 0.3) is 0 Å². The lowest BCUT2D eigenvalue weighted by atomic mass is 9.97. The van der Waals surface area contributed by atoms with Gasteiger partial charge in [0.1, 0.15) is 0 Å². The quantitative estimate of drug-likeness (QED) is 0.154. The van der Waals surface area contributed by atoms with Gasteiger partial charge in [0.25, 0.3) is 0 Å². The molecule has 0 unspecified atom stereocenters. The summed E-state index contributed by atoms with van der Waals surface area (Å²) in [5.41, 5.74) is 3.44. The lowest BCUT2D eigenvalue weighted by Gasteiger charge is -2.22. The van der Waals surface area contributed by atoms with Crippen molar-refractivity contribution >= 4 is 8.07 Å². The highest BCUT2D eigenvalue weighted by molar-refractivity contribution is 6.83. The van der Waals surface area contributed by atoms with E-state index in [4.69, 9.17) is 0 Å². The zero-order valence-corrected chi connectivity index (χ0v) is 19.8. The number of rotatable bonds is 15. The minimum atomic E-state index is -1.20. The van der Waals surface area contributed by atoms with Crippen molar-refractivity contribution in [2.45, 2.75) is 131 Å². The van der Waals surface area contributed by atoms with Crippen LogP contribution in [0, 0.1) is 0 Å². The molecule has 0 saturated heterocycles. The fraction of sp³-hybridized carbons (Fsp3) is 0.833. The molecule has 0 aliphatic carbocycles. The molecule has 148 valence electrons. The highest BCUT2D eigenvalue weighted by Gasteiger charge is 2.18. The van der Waals surface area contributed by atoms with E-state index in [1.807, 2.05) is 0 Å². The SMILES string of the molecule is CCCCCC/C(=C/C(CCCCCC)=C(\C)[Si](C)(C)C)CCCC. The van der Waals surface area contributed by atoms with Crippen molar-refractivity contribution in [3.05, 3.63) is 22.4 Å². The summed E-state index contributed by atoms with van der Waals surface area (Å²) < 4.78 is 0. The molecule has 0 aromatic heterocycles. The Bertz CT molecular complexity index is 381. The topological polar surface area (TPSA) is 0 Å². The van der Waals surface area contributed by atoms with E-state index in [2.05, 4.69) is 53.4 Å². The van der Waals surface area contributed by atoms with Crippen LogP contribution in [-0.2, 0) is 0 Å². The molecule has 0 heterocycles. The zero-order chi connectivity index (χ0) is 19.1. The molecule has 0 aromatic rings. The smallest absolute Gasteiger partial charge is 0.0724 e. The van der Waals surface area contributed by atoms with Gasteiger partial charge in [0.05, 0.1) is 8.07 Å². The second-order valence-electron chi connectivity index (χ2n) is 8.93. The van der Waals surface area contributed by atoms with Gasteiger partial charge in [-0.05, 0) is 45.4 Å². The van der Waals surface area contributed by atoms with Crippen molar-refractivity contribution in [2.24, 2.45) is 0 Å². The highest BCUT2D eigenvalue weighted by atomic mass is 28.3. The minimum absolute atomic E-state index is 1.20. The predicted molar refractivity (Wildman–Crippen MR) is 121 cm³/mol. The van der Waals surface area contributed by atoms with E-state index in [1.165, 1.54) is 83.5 Å². The molecule has 25 heavy (non-hydrogen) atoms. The molecule has 0 amide bonds. The summed E-state index contributed by atoms with van der Waals surface area (Å²) in [6.45, 7) is 16.9. The summed E-state index contributed by atoms with van der Waals surface area (Å²) in [5, 5.41) is 1.74. The highest BCUT2D eigenvalue weighted by Crippen LogP contribution is 2.27. The van der Waals surface area contributed by atoms with Gasteiger partial charge in [-0.2, -0.15) is 0 Å². The fourth-order valence-electron chi connectivity index (χ4n) is 3.29. The molecule has 0 saturated carbocycles. The molecule has 0 nitrogen and oxygen atoms in total. The zero-order valence-electron chi connectivity index (χ0n) is 18.8. The molecule has 0 rings (SSSR count). The normalized spacial score (nSPS) is 14.0. The van der Waals surface area contributed by atoms with Crippen molar-refractivity contribution in [1.29, 1.82) is 0 Å². The van der Waals surface area contributed by atoms with Gasteiger partial charge in [0.2, 0.25) is 0 Å². The summed E-state index contributed by atoms with van der Waals surface area (Å²) in [7, 11) is -1.20. The first-order chi connectivity index (χ1) is 11.9. The Balaban J connectivity index is 5.18. The summed E-state index contributed by atoms with van der Waals surface area (Å²) in [6.07, 6.45) is 20.3. The third kappa shape index (κ3) is 12.6. The van der Waals surface area contributed by atoms with Gasteiger partial charge in [-0.25, -0.2) is 0 Å². The standard InChI is InChI=1S/C24H48Si/c1-8-11-14-16-19-23(18-13-10-3)21-24(20-17-15-12-9-2)22(4)25(5,6)7/h21H,8-20H2,1-7H3/b23-21+,24-22+. The third-order valence-corrected chi connectivity index (χ3v) is 8.06. The fourth-order valence-corrected chi connectivity index (χ4v) is 4.45. The second-order valence-corrected chi connectivity index (χ2v) is 14.2. The number of hydrogen-bond acceptors (Lipinski definition) is 0. The average molecular weight is 365 g/mol. The van der Waals surface area contributed by atoms with Crippen LogP contribution >= 0.6 is 0 Å². The Kier molecular flexibility index (Phi) is 14.6. The van der Waals surface area contributed by atoms with Crippen molar-refractivity contribution in [3.8, 4) is 0 Å². The van der Waals surface area contributed by atoms with Crippen LogP contribution < -0.4 is 0 Å². The molecule has 0 spiro atoms. The predicted octanol–water partition coefficient (Wildman–Crippen LogP) is 9.24. The van der Waals surface area contributed by atoms with Crippen molar-refractivity contribution in [3.63, 3.8) is 0 Å². The lowest BCUT2D eigenvalue weighted by Crippen LogP contribution is -2.23. The van der Waals surface area contributed by atoms with Crippen molar-refractivity contribution in [2.75, 3.05) is 0 Å². The molecule has 0 atom stereocenters. The van der Waals surface area contributed by atoms with E-state index in [-0.39, 0.29) is 0 Å². The van der Waals surface area contributed by atoms with E-state index in [0.29, 0.717) is 0 Å². The Morgan fingerprint density at radius 1 is 0.640 bits per heavy atom. The summed E-state index contributed by atoms with van der Waals surface area (Å²) in [4.78, 5) is 0. The maximum Gasteiger partial charge on any atom is 0.0724 e. The maximum atomic E-state index is 2.65. The third-order valence-electron chi connectivity index (χ3n) is 5.49. The molecule has 0 aromatic carbocycles. The van der Waals surface area contributed by atoms with Gasteiger partial charge in [-0.15, -0.1) is 0 Å². The van der Waals surface area contributed by atoms with E-state index in [9.17, 15) is 0 Å². The lowest BCUT2D eigenvalue weighted by molar-refractivity contribution is 0.642. The molecular weight excluding hydrogens is 316 g/mol. The summed E-state index contributed by atoms with van der Waals surface area (Å²) in [5.74, 6) is 0. The molecule has 0 N–H and O–H groups in total. The Morgan fingerprint density at radius 3 is 1.60 bits per heavy atom. The number of allylic oxidation sites excluding steroid dienone is 4. The molecule has 0 bridgehead atoms. The van der Waals surface area contributed by atoms with Crippen LogP contribution in [-0.4, -0.2) is 8.07 Å². The van der Waals surface area contributed by atoms with E-state index in [1.54, 1.807) is 16.3 Å². The van der Waals surface area contributed by atoms with Gasteiger partial charge in [0, 0.05) is 0 Å². The minimum Gasteiger partial charge on any atom is -0.0810 e. The van der Waals surface area contributed by atoms with Gasteiger partial charge < -0.3 is 0 Å². The first kappa shape index (κ1) is 24.7. The van der Waals surface area contributed by atoms with Crippen LogP contribution in [0.2, 0.25) is 19.6 Å². The Labute approximate surface area is 161 Å². The van der Waals surface area contributed by atoms with Crippen molar-refractivity contribution in [1.82, 2.24) is 0 Å². The van der Waals surface area contributed by atoms with Crippen LogP contribution in [0.15, 0.2) is 22.4 Å². The largest absolute Gasteiger partial charge is 0.0810 e. The molecule has 0 radical (unpaired) electrons. The monoisotopic (exact) mass is 364 g/mol. The van der Waals surface area contributed by atoms with Crippen LogP contribution in [0.3, 0.4) is 0 Å². The first-order valence-corrected chi connectivity index (χ1v) is 14.8. The Hall–Kier alpha value is -0.303. The second kappa shape index (κ2) is 14.8. The van der Waals surface area contributed by atoms with Crippen LogP contribution in [0.5, 0.6) is 0 Å². The molecular formula is C24H48Si. The van der Waals surface area contributed by atoms with Gasteiger partial charge in [-0.3, -0.25) is 0 Å². The number of unbranched alkanes of at least 4 members (excludes halogenated alkanes) is 7. The van der Waals surface area contributed by atoms with E-state index < -0.39 is 8.07 Å². The molecule has 0 fully saturated rings. The summed E-state index contributed by atoms with van der Waals surface area (Å²) in [6, 6.07) is 0. The molecule has 1 heteroatoms.